The second-order valence-electron chi connectivity index (χ2n) is 2.52. The molecule has 13 heavy (non-hydrogen) atoms. The Balaban J connectivity index is 2.44. The molecule has 1 aromatic heterocycles. The molecule has 0 spiro atoms. The van der Waals surface area contributed by atoms with Crippen LogP contribution in [0.25, 0.3) is 0 Å². The van der Waals surface area contributed by atoms with Gasteiger partial charge in [-0.2, -0.15) is 4.37 Å². The van der Waals surface area contributed by atoms with Gasteiger partial charge >= 0.3 is 5.97 Å². The molecule has 0 aromatic carbocycles. The molecule has 1 aromatic rings. The van der Waals surface area contributed by atoms with E-state index in [2.05, 4.69) is 8.75 Å². The zero-order valence-electron chi connectivity index (χ0n) is 6.67. The van der Waals surface area contributed by atoms with Crippen LogP contribution in [0, 0.1) is 0 Å². The third-order valence-corrected chi connectivity index (χ3v) is 2.10. The third kappa shape index (κ3) is 2.63. The molecule has 0 radical (unpaired) electrons. The third-order valence-electron chi connectivity index (χ3n) is 1.55. The Morgan fingerprint density at radius 2 is 2.31 bits per heavy atom. The fourth-order valence-electron chi connectivity index (χ4n) is 0.775. The van der Waals surface area contributed by atoms with E-state index in [4.69, 9.17) is 15.9 Å². The first kappa shape index (κ1) is 9.87. The average Bonchev–Trinajstić information content (AvgIpc) is 2.47. The molecule has 0 amide bonds. The van der Waals surface area contributed by atoms with Crippen LogP contribution >= 0.6 is 11.7 Å². The van der Waals surface area contributed by atoms with Crippen LogP contribution < -0.4 is 5.73 Å². The van der Waals surface area contributed by atoms with E-state index in [-0.39, 0.29) is 12.3 Å². The highest BCUT2D eigenvalue weighted by Gasteiger charge is 2.14. The molecule has 0 saturated heterocycles. The first-order valence-corrected chi connectivity index (χ1v) is 4.33. The monoisotopic (exact) mass is 203 g/mol. The highest BCUT2D eigenvalue weighted by molar-refractivity contribution is 6.99. The van der Waals surface area contributed by atoms with Crippen molar-refractivity contribution in [1.29, 1.82) is 0 Å². The maximum Gasteiger partial charge on any atom is 0.320 e. The zero-order valence-corrected chi connectivity index (χ0v) is 7.49. The van der Waals surface area contributed by atoms with E-state index in [1.54, 1.807) is 0 Å². The van der Waals surface area contributed by atoms with Gasteiger partial charge in [0.05, 0.1) is 11.7 Å². The molecule has 0 unspecified atom stereocenters. The van der Waals surface area contributed by atoms with E-state index in [1.807, 2.05) is 0 Å². The van der Waals surface area contributed by atoms with Crippen molar-refractivity contribution in [2.24, 2.45) is 5.73 Å². The number of carboxylic acids is 1. The van der Waals surface area contributed by atoms with Crippen molar-refractivity contribution in [1.82, 2.24) is 8.75 Å². The van der Waals surface area contributed by atoms with E-state index in [0.717, 1.165) is 11.7 Å². The van der Waals surface area contributed by atoms with Gasteiger partial charge in [0.15, 0.2) is 0 Å². The number of carboxylic acid groups (broad SMARTS) is 1. The van der Waals surface area contributed by atoms with Gasteiger partial charge in [0, 0.05) is 0 Å². The van der Waals surface area contributed by atoms with Gasteiger partial charge in [0.2, 0.25) is 5.88 Å². The summed E-state index contributed by atoms with van der Waals surface area (Å²) in [5.41, 5.74) is 5.66. The van der Waals surface area contributed by atoms with E-state index in [1.165, 1.54) is 0 Å². The normalized spacial score (nSPS) is 12.7. The Morgan fingerprint density at radius 1 is 1.62 bits per heavy atom. The second kappa shape index (κ2) is 4.15. The Hall–Kier alpha value is -1.21. The van der Waals surface area contributed by atoms with Gasteiger partial charge < -0.3 is 15.9 Å². The van der Waals surface area contributed by atoms with Gasteiger partial charge in [-0.1, -0.05) is 0 Å². The van der Waals surface area contributed by atoms with Crippen LogP contribution in [0.4, 0.5) is 0 Å². The van der Waals surface area contributed by atoms with Crippen molar-refractivity contribution in [3.8, 4) is 5.88 Å². The number of aryl methyl sites for hydroxylation is 1. The number of aliphatic carboxylic acids is 1. The highest BCUT2D eigenvalue weighted by Crippen LogP contribution is 2.14. The minimum absolute atomic E-state index is 0.136. The summed E-state index contributed by atoms with van der Waals surface area (Å²) in [4.78, 5) is 10.3. The summed E-state index contributed by atoms with van der Waals surface area (Å²) in [6, 6.07) is -0.916. The van der Waals surface area contributed by atoms with Crippen molar-refractivity contribution >= 4 is 17.7 Å². The SMILES string of the molecule is N[C@H](CCc1nsnc1O)C(=O)O. The zero-order chi connectivity index (χ0) is 9.84. The highest BCUT2D eigenvalue weighted by atomic mass is 32.1. The van der Waals surface area contributed by atoms with Crippen LogP contribution in [0.5, 0.6) is 5.88 Å². The van der Waals surface area contributed by atoms with E-state index >= 15 is 0 Å². The van der Waals surface area contributed by atoms with Gasteiger partial charge in [-0.05, 0) is 12.8 Å². The Morgan fingerprint density at radius 3 is 2.77 bits per heavy atom. The van der Waals surface area contributed by atoms with Crippen LogP contribution in [0.15, 0.2) is 0 Å². The number of aromatic hydroxyl groups is 1. The molecule has 0 aliphatic carbocycles. The molecule has 0 aliphatic rings. The predicted octanol–water partition coefficient (Wildman–Crippen LogP) is -0.412. The molecule has 0 fully saturated rings. The Labute approximate surface area is 78.3 Å². The molecule has 1 atom stereocenters. The first-order valence-electron chi connectivity index (χ1n) is 3.60. The summed E-state index contributed by atoms with van der Waals surface area (Å²) in [6.45, 7) is 0. The summed E-state index contributed by atoms with van der Waals surface area (Å²) in [5.74, 6) is -1.19. The fourth-order valence-corrected chi connectivity index (χ4v) is 1.27. The van der Waals surface area contributed by atoms with Gasteiger partial charge in [0.25, 0.3) is 0 Å². The molecule has 1 heterocycles. The quantitative estimate of drug-likeness (QED) is 0.613. The average molecular weight is 203 g/mol. The molecule has 1 rings (SSSR count). The van der Waals surface area contributed by atoms with Gasteiger partial charge in [-0.15, -0.1) is 4.37 Å². The van der Waals surface area contributed by atoms with Gasteiger partial charge in [-0.25, -0.2) is 0 Å². The maximum absolute atomic E-state index is 10.3. The summed E-state index contributed by atoms with van der Waals surface area (Å²) in [7, 11) is 0. The topological polar surface area (TPSA) is 109 Å². The smallest absolute Gasteiger partial charge is 0.320 e. The number of carbonyl (C=O) groups is 1. The summed E-state index contributed by atoms with van der Waals surface area (Å²) < 4.78 is 7.32. The molecule has 0 bridgehead atoms. The predicted molar refractivity (Wildman–Crippen MR) is 45.5 cm³/mol. The lowest BCUT2D eigenvalue weighted by Gasteiger charge is -2.03. The van der Waals surface area contributed by atoms with Crippen LogP contribution in [-0.2, 0) is 11.2 Å². The minimum atomic E-state index is -1.05. The molecular formula is C6H9N3O3S. The molecule has 6 nitrogen and oxygen atoms in total. The molecule has 4 N–H and O–H groups in total. The van der Waals surface area contributed by atoms with E-state index in [9.17, 15) is 4.79 Å². The van der Waals surface area contributed by atoms with Crippen LogP contribution in [0.3, 0.4) is 0 Å². The largest absolute Gasteiger partial charge is 0.491 e. The van der Waals surface area contributed by atoms with Crippen molar-refractivity contribution in [2.75, 3.05) is 0 Å². The lowest BCUT2D eigenvalue weighted by atomic mass is 10.1. The van der Waals surface area contributed by atoms with Crippen molar-refractivity contribution in [3.05, 3.63) is 5.69 Å². The summed E-state index contributed by atoms with van der Waals surface area (Å²) >= 11 is 0.888. The maximum atomic E-state index is 10.3. The first-order chi connectivity index (χ1) is 6.11. The fraction of sp³-hybridized carbons (Fsp3) is 0.500. The molecular weight excluding hydrogens is 194 g/mol. The van der Waals surface area contributed by atoms with Gasteiger partial charge in [-0.3, -0.25) is 4.79 Å². The lowest BCUT2D eigenvalue weighted by molar-refractivity contribution is -0.138. The van der Waals surface area contributed by atoms with Crippen molar-refractivity contribution in [3.63, 3.8) is 0 Å². The van der Waals surface area contributed by atoms with E-state index < -0.39 is 12.0 Å². The lowest BCUT2D eigenvalue weighted by Crippen LogP contribution is -2.30. The van der Waals surface area contributed by atoms with Crippen molar-refractivity contribution < 1.29 is 15.0 Å². The standard InChI is InChI=1S/C6H9N3O3S/c7-3(6(11)12)1-2-4-5(10)9-13-8-4/h3H,1-2,7H2,(H,9,10)(H,11,12)/t3-/m1/s1. The molecule has 0 saturated carbocycles. The minimum Gasteiger partial charge on any atom is -0.491 e. The van der Waals surface area contributed by atoms with E-state index in [0.29, 0.717) is 12.1 Å². The number of nitrogens with two attached hydrogens (primary N) is 1. The Bertz CT molecular complexity index is 301. The number of hydrogen-bond donors (Lipinski definition) is 3. The molecule has 72 valence electrons. The second-order valence-corrected chi connectivity index (χ2v) is 3.05. The number of nitrogens with zero attached hydrogens (tertiary/aromatic N) is 2. The number of hydrogen-bond acceptors (Lipinski definition) is 6. The van der Waals surface area contributed by atoms with Crippen LogP contribution in [0.1, 0.15) is 12.1 Å². The Kier molecular flexibility index (Phi) is 3.15. The number of aromatic nitrogens is 2. The van der Waals surface area contributed by atoms with Gasteiger partial charge in [0.1, 0.15) is 11.7 Å². The summed E-state index contributed by atoms with van der Waals surface area (Å²) in [5, 5.41) is 17.5. The van der Waals surface area contributed by atoms with Crippen LogP contribution in [-0.4, -0.2) is 31.0 Å². The molecule has 7 heteroatoms. The summed E-state index contributed by atoms with van der Waals surface area (Å²) in [6.07, 6.45) is 0.574. The van der Waals surface area contributed by atoms with Crippen molar-refractivity contribution in [2.45, 2.75) is 18.9 Å². The number of rotatable bonds is 4. The van der Waals surface area contributed by atoms with Crippen LogP contribution in [0.2, 0.25) is 0 Å². The molecule has 0 aliphatic heterocycles.